The number of hydrogen-bond acceptors (Lipinski definition) is 4. The minimum atomic E-state index is -0.0564. The van der Waals surface area contributed by atoms with Crippen molar-refractivity contribution in [2.45, 2.75) is 19.3 Å². The highest BCUT2D eigenvalue weighted by Crippen LogP contribution is 2.27. The summed E-state index contributed by atoms with van der Waals surface area (Å²) in [4.78, 5) is 17.4. The normalized spacial score (nSPS) is 16.6. The van der Waals surface area contributed by atoms with Crippen LogP contribution in [0.15, 0.2) is 53.9 Å². The lowest BCUT2D eigenvalue weighted by Crippen LogP contribution is -2.17. The minimum absolute atomic E-state index is 0.0564. The third kappa shape index (κ3) is 3.54. The van der Waals surface area contributed by atoms with Crippen molar-refractivity contribution in [1.82, 2.24) is 10.3 Å². The van der Waals surface area contributed by atoms with Gasteiger partial charge < -0.3 is 10.6 Å². The van der Waals surface area contributed by atoms with Gasteiger partial charge in [0, 0.05) is 28.7 Å². The molecule has 0 spiro atoms. The number of carbonyl (C=O) groups excluding carboxylic acids is 1. The van der Waals surface area contributed by atoms with Crippen LogP contribution in [-0.2, 0) is 0 Å². The van der Waals surface area contributed by atoms with Gasteiger partial charge in [0.05, 0.1) is 10.7 Å². The quantitative estimate of drug-likeness (QED) is 0.720. The molecule has 1 saturated heterocycles. The van der Waals surface area contributed by atoms with Gasteiger partial charge in [0.1, 0.15) is 0 Å². The van der Waals surface area contributed by atoms with Crippen LogP contribution in [0.3, 0.4) is 0 Å². The molecule has 2 aromatic carbocycles. The molecule has 0 bridgehead atoms. The van der Waals surface area contributed by atoms with Crippen LogP contribution in [-0.4, -0.2) is 24.0 Å². The van der Waals surface area contributed by atoms with Gasteiger partial charge in [-0.2, -0.15) is 0 Å². The zero-order valence-electron chi connectivity index (χ0n) is 14.7. The first-order valence-corrected chi connectivity index (χ1v) is 9.72. The Morgan fingerprint density at radius 2 is 2.12 bits per heavy atom. The van der Waals surface area contributed by atoms with Crippen molar-refractivity contribution in [3.05, 3.63) is 70.0 Å². The number of thiazole rings is 1. The largest absolute Gasteiger partial charge is 0.322 e. The first-order valence-electron chi connectivity index (χ1n) is 8.84. The smallest absolute Gasteiger partial charge is 0.255 e. The topological polar surface area (TPSA) is 54.0 Å². The summed E-state index contributed by atoms with van der Waals surface area (Å²) in [5.41, 5.74) is 4.64. The van der Waals surface area contributed by atoms with Gasteiger partial charge in [-0.15, -0.1) is 11.3 Å². The predicted octanol–water partition coefficient (Wildman–Crippen LogP) is 4.45. The zero-order valence-corrected chi connectivity index (χ0v) is 15.5. The first-order chi connectivity index (χ1) is 12.7. The molecule has 2 N–H and O–H groups in total. The number of aromatic nitrogens is 1. The standard InChI is InChI=1S/C21H21N3OS/c1-14-23-20(13-26-14)15-5-4-6-17(11-15)24-21(25)19-8-3-2-7-18(19)16-9-10-22-12-16/h2-8,11,13,16,22H,9-10,12H2,1H3,(H,24,25)/t16-/m0/s1. The van der Waals surface area contributed by atoms with Crippen LogP contribution in [0.25, 0.3) is 11.3 Å². The average Bonchev–Trinajstić information content (AvgIpc) is 3.34. The maximum absolute atomic E-state index is 12.9. The van der Waals surface area contributed by atoms with Crippen LogP contribution in [0.2, 0.25) is 0 Å². The van der Waals surface area contributed by atoms with Crippen molar-refractivity contribution in [3.63, 3.8) is 0 Å². The highest BCUT2D eigenvalue weighted by Gasteiger charge is 2.22. The SMILES string of the molecule is Cc1nc(-c2cccc(NC(=O)c3ccccc3[C@H]3CCNC3)c2)cs1. The van der Waals surface area contributed by atoms with Crippen LogP contribution in [0.5, 0.6) is 0 Å². The molecule has 1 atom stereocenters. The number of rotatable bonds is 4. The maximum Gasteiger partial charge on any atom is 0.255 e. The van der Waals surface area contributed by atoms with E-state index in [0.717, 1.165) is 52.6 Å². The summed E-state index contributed by atoms with van der Waals surface area (Å²) in [6, 6.07) is 15.8. The van der Waals surface area contributed by atoms with E-state index >= 15 is 0 Å². The molecule has 3 aromatic rings. The summed E-state index contributed by atoms with van der Waals surface area (Å²) in [5, 5.41) is 9.51. The summed E-state index contributed by atoms with van der Waals surface area (Å²) < 4.78 is 0. The highest BCUT2D eigenvalue weighted by atomic mass is 32.1. The fourth-order valence-electron chi connectivity index (χ4n) is 3.43. The number of nitrogens with zero attached hydrogens (tertiary/aromatic N) is 1. The third-order valence-electron chi connectivity index (χ3n) is 4.74. The van der Waals surface area contributed by atoms with E-state index in [0.29, 0.717) is 5.92 Å². The molecule has 1 fully saturated rings. The van der Waals surface area contributed by atoms with E-state index in [2.05, 4.69) is 21.7 Å². The highest BCUT2D eigenvalue weighted by molar-refractivity contribution is 7.09. The van der Waals surface area contributed by atoms with Gasteiger partial charge >= 0.3 is 0 Å². The fraction of sp³-hybridized carbons (Fsp3) is 0.238. The van der Waals surface area contributed by atoms with Gasteiger partial charge in [-0.25, -0.2) is 4.98 Å². The van der Waals surface area contributed by atoms with Crippen molar-refractivity contribution in [2.24, 2.45) is 0 Å². The molecule has 1 aliphatic rings. The molecule has 2 heterocycles. The number of amides is 1. The predicted molar refractivity (Wildman–Crippen MR) is 107 cm³/mol. The summed E-state index contributed by atoms with van der Waals surface area (Å²) in [6.45, 7) is 3.94. The Labute approximate surface area is 157 Å². The molecule has 4 rings (SSSR count). The Morgan fingerprint density at radius 1 is 1.23 bits per heavy atom. The molecule has 0 radical (unpaired) electrons. The van der Waals surface area contributed by atoms with Gasteiger partial charge in [-0.1, -0.05) is 30.3 Å². The summed E-state index contributed by atoms with van der Waals surface area (Å²) in [7, 11) is 0. The van der Waals surface area contributed by atoms with E-state index in [1.165, 1.54) is 0 Å². The van der Waals surface area contributed by atoms with Crippen LogP contribution in [0.1, 0.15) is 33.3 Å². The summed E-state index contributed by atoms with van der Waals surface area (Å²) in [6.07, 6.45) is 1.07. The molecule has 0 saturated carbocycles. The molecule has 1 amide bonds. The first kappa shape index (κ1) is 16.9. The third-order valence-corrected chi connectivity index (χ3v) is 5.51. The van der Waals surface area contributed by atoms with Gasteiger partial charge in [0.25, 0.3) is 5.91 Å². The Morgan fingerprint density at radius 3 is 2.88 bits per heavy atom. The maximum atomic E-state index is 12.9. The van der Waals surface area contributed by atoms with Crippen LogP contribution in [0, 0.1) is 6.92 Å². The summed E-state index contributed by atoms with van der Waals surface area (Å²) >= 11 is 1.63. The van der Waals surface area contributed by atoms with E-state index in [1.54, 1.807) is 11.3 Å². The van der Waals surface area contributed by atoms with Crippen LogP contribution >= 0.6 is 11.3 Å². The van der Waals surface area contributed by atoms with E-state index in [1.807, 2.05) is 54.8 Å². The number of benzene rings is 2. The molecule has 5 heteroatoms. The molecule has 0 aliphatic carbocycles. The van der Waals surface area contributed by atoms with Gasteiger partial charge in [-0.3, -0.25) is 4.79 Å². The molecule has 1 aromatic heterocycles. The van der Waals surface area contributed by atoms with Crippen molar-refractivity contribution in [2.75, 3.05) is 18.4 Å². The van der Waals surface area contributed by atoms with Crippen molar-refractivity contribution in [1.29, 1.82) is 0 Å². The summed E-state index contributed by atoms with van der Waals surface area (Å²) in [5.74, 6) is 0.348. The van der Waals surface area contributed by atoms with Crippen molar-refractivity contribution < 1.29 is 4.79 Å². The lowest BCUT2D eigenvalue weighted by molar-refractivity contribution is 0.102. The second kappa shape index (κ2) is 7.40. The number of hydrogen-bond donors (Lipinski definition) is 2. The van der Waals surface area contributed by atoms with Gasteiger partial charge in [0.15, 0.2) is 0 Å². The van der Waals surface area contributed by atoms with E-state index < -0.39 is 0 Å². The van der Waals surface area contributed by atoms with Crippen LogP contribution < -0.4 is 10.6 Å². The van der Waals surface area contributed by atoms with Crippen LogP contribution in [0.4, 0.5) is 5.69 Å². The molecule has 4 nitrogen and oxygen atoms in total. The number of nitrogens with one attached hydrogen (secondary N) is 2. The van der Waals surface area contributed by atoms with Crippen molar-refractivity contribution >= 4 is 22.9 Å². The molecule has 132 valence electrons. The Kier molecular flexibility index (Phi) is 4.82. The molecule has 1 aliphatic heterocycles. The molecule has 0 unspecified atom stereocenters. The minimum Gasteiger partial charge on any atom is -0.322 e. The molecular weight excluding hydrogens is 342 g/mol. The molecule has 26 heavy (non-hydrogen) atoms. The van der Waals surface area contributed by atoms with Crippen molar-refractivity contribution in [3.8, 4) is 11.3 Å². The lowest BCUT2D eigenvalue weighted by atomic mass is 9.93. The van der Waals surface area contributed by atoms with Gasteiger partial charge in [0.2, 0.25) is 0 Å². The second-order valence-electron chi connectivity index (χ2n) is 6.56. The van der Waals surface area contributed by atoms with E-state index in [-0.39, 0.29) is 5.91 Å². The van der Waals surface area contributed by atoms with Gasteiger partial charge in [-0.05, 0) is 49.6 Å². The molecular formula is C21H21N3OS. The lowest BCUT2D eigenvalue weighted by Gasteiger charge is -2.15. The Bertz CT molecular complexity index is 928. The Hall–Kier alpha value is -2.50. The van der Waals surface area contributed by atoms with E-state index in [4.69, 9.17) is 0 Å². The van der Waals surface area contributed by atoms with E-state index in [9.17, 15) is 4.79 Å². The average molecular weight is 363 g/mol. The second-order valence-corrected chi connectivity index (χ2v) is 7.63. The fourth-order valence-corrected chi connectivity index (χ4v) is 4.05. The number of aryl methyl sites for hydroxylation is 1. The number of carbonyl (C=O) groups is 1. The zero-order chi connectivity index (χ0) is 17.9. The monoisotopic (exact) mass is 363 g/mol. The Balaban J connectivity index is 1.57. The number of anilines is 1.